The Morgan fingerprint density at radius 1 is 0.414 bits per heavy atom. The average molecular weight is 1620 g/mol. The number of nitrogens with one attached hydrogen (secondary N) is 4. The molecule has 4 amide bonds. The van der Waals surface area contributed by atoms with E-state index < -0.39 is 327 Å². The number of aliphatic carboxylic acids is 2. The van der Waals surface area contributed by atoms with Crippen molar-refractivity contribution in [2.45, 2.75) is 292 Å². The van der Waals surface area contributed by atoms with Crippen LogP contribution in [0.4, 0.5) is 0 Å². The molecular weight excluding hydrogens is 1520 g/mol. The zero-order valence-corrected chi connectivity index (χ0v) is 60.4. The molecule has 640 valence electrons. The molecule has 7 rings (SSSR count). The number of unbranched alkanes of at least 4 members (excludes halogenated alkanes) is 2. The van der Waals surface area contributed by atoms with Crippen LogP contribution in [0.5, 0.6) is 0 Å². The van der Waals surface area contributed by atoms with E-state index in [0.717, 1.165) is 27.7 Å². The zero-order valence-electron chi connectivity index (χ0n) is 60.4. The van der Waals surface area contributed by atoms with Crippen LogP contribution >= 0.6 is 0 Å². The lowest BCUT2D eigenvalue weighted by atomic mass is 9.88. The van der Waals surface area contributed by atoms with Gasteiger partial charge in [0.1, 0.15) is 159 Å². The molecule has 0 aromatic carbocycles. The van der Waals surface area contributed by atoms with Crippen molar-refractivity contribution in [1.82, 2.24) is 21.3 Å². The minimum absolute atomic E-state index is 0.0275. The Labute approximate surface area is 630 Å². The first kappa shape index (κ1) is 93.1. The van der Waals surface area contributed by atoms with E-state index in [1.54, 1.807) is 0 Å². The normalized spacial score (nSPS) is 41.9. The van der Waals surface area contributed by atoms with Gasteiger partial charge in [-0.3, -0.25) is 24.0 Å². The molecule has 7 aliphatic heterocycles. The Morgan fingerprint density at radius 3 is 1.18 bits per heavy atom. The smallest absolute Gasteiger partial charge is 0.364 e. The van der Waals surface area contributed by atoms with Gasteiger partial charge in [0, 0.05) is 53.6 Å². The molecule has 0 spiro atoms. The van der Waals surface area contributed by atoms with Crippen molar-refractivity contribution >= 4 is 41.5 Å². The second-order valence-corrected chi connectivity index (χ2v) is 27.7. The second-order valence-electron chi connectivity index (χ2n) is 27.7. The van der Waals surface area contributed by atoms with Gasteiger partial charge in [0.15, 0.2) is 31.5 Å². The van der Waals surface area contributed by atoms with Crippen LogP contribution in [0, 0.1) is 0 Å². The first-order valence-electron chi connectivity index (χ1n) is 35.3. The van der Waals surface area contributed by atoms with Crippen LogP contribution in [0.15, 0.2) is 0 Å². The van der Waals surface area contributed by atoms with Gasteiger partial charge in [0.2, 0.25) is 23.6 Å². The molecule has 0 radical (unpaired) electrons. The van der Waals surface area contributed by atoms with Gasteiger partial charge in [-0.05, 0) is 12.8 Å². The van der Waals surface area contributed by atoms with Crippen LogP contribution in [0.25, 0.3) is 0 Å². The molecule has 0 unspecified atom stereocenters. The summed E-state index contributed by atoms with van der Waals surface area (Å²) in [6.07, 6.45) is -65.8. The van der Waals surface area contributed by atoms with E-state index in [0.29, 0.717) is 12.8 Å². The summed E-state index contributed by atoms with van der Waals surface area (Å²) in [5.74, 6) is -14.1. The molecule has 48 nitrogen and oxygen atoms in total. The summed E-state index contributed by atoms with van der Waals surface area (Å²) >= 11 is 0. The maximum atomic E-state index is 13.0. The van der Waals surface area contributed by atoms with Crippen LogP contribution < -0.4 is 21.3 Å². The molecule has 0 bridgehead atoms. The lowest BCUT2D eigenvalue weighted by Gasteiger charge is -2.50. The van der Waals surface area contributed by atoms with Crippen LogP contribution in [-0.2, 0) is 105 Å². The molecule has 48 heteroatoms. The van der Waals surface area contributed by atoms with Gasteiger partial charge in [-0.2, -0.15) is 0 Å². The van der Waals surface area contributed by atoms with Crippen LogP contribution in [0.2, 0.25) is 0 Å². The van der Waals surface area contributed by atoms with E-state index in [1.165, 1.54) is 7.11 Å². The number of aliphatic hydroxyl groups is 20. The number of hydrogen-bond acceptors (Lipinski definition) is 42. The molecule has 7 saturated heterocycles. The molecule has 26 N–H and O–H groups in total. The Balaban J connectivity index is 1.11. The number of carboxylic acid groups (broad SMARTS) is 2. The highest BCUT2D eigenvalue weighted by molar-refractivity contribution is 5.78. The third-order valence-electron chi connectivity index (χ3n) is 19.6. The highest BCUT2D eigenvalue weighted by atomic mass is 16.8. The summed E-state index contributed by atoms with van der Waals surface area (Å²) in [5, 5.41) is 251. The predicted molar refractivity (Wildman–Crippen MR) is 347 cm³/mol. The van der Waals surface area contributed by atoms with Crippen molar-refractivity contribution in [3.63, 3.8) is 0 Å². The van der Waals surface area contributed by atoms with E-state index in [4.69, 9.17) is 66.3 Å². The lowest BCUT2D eigenvalue weighted by Crippen LogP contribution is -2.70. The number of aliphatic hydroxyl groups excluding tert-OH is 20. The molecule has 0 saturated carbocycles. The summed E-state index contributed by atoms with van der Waals surface area (Å²) in [6.45, 7) is -4.20. The summed E-state index contributed by atoms with van der Waals surface area (Å²) in [4.78, 5) is 87.8. The number of methoxy groups -OCH3 is 1. The molecule has 0 aromatic heterocycles. The monoisotopic (exact) mass is 1620 g/mol. The number of rotatable bonds is 36. The average Bonchev–Trinajstić information content (AvgIpc) is 0.774. The fraction of sp³-hybridized carbons (Fsp3) is 0.889. The molecule has 7 fully saturated rings. The zero-order chi connectivity index (χ0) is 82.6. The first-order chi connectivity index (χ1) is 52.2. The standard InChI is InChI=1S/C63H104N4O44/c1-20(72)64-34-24(76)11-62(60(93)94,110-53(34)38(81)26(78)13-68)100-18-30-40(83)44(87)47(90)58(104-30)108-50-28(15-70)102-55(36(42(50)85)66-22(3)74)99-17-32-52(46(89)49(92)57(106-32)98-10-8-6-7-9-33(80)97-5)107-56-37(67-23(4)75)43(86)51(29(16-71)103-56)109-59-48(91)45(88)41(84)31(105-59)19-101-63(61(95)96)12-25(77)35(65-21(2)73)54(111-63)39(82)27(79)14-69/h24-32,34-59,68-71,76-79,81-92H,6-19H2,1-5H3,(H,64,72)(H,65,73)(H,66,74)(H,67,75)(H,93,94)(H,95,96)/t24-,25-,26+,27+,28+,29+,30+,31+,32+,34+,35+,36+,37+,38+,39+,40-,41-,42+,43+,44-,45-,46+,47+,48+,49+,50+,51+,52-,53+,54+,55+,56-,57+,58-,59-,62+,63+/m0/s1. The maximum absolute atomic E-state index is 13.0. The Morgan fingerprint density at radius 2 is 0.784 bits per heavy atom. The van der Waals surface area contributed by atoms with Gasteiger partial charge >= 0.3 is 17.9 Å². The minimum atomic E-state index is -3.04. The second kappa shape index (κ2) is 41.2. The quantitative estimate of drug-likeness (QED) is 0.0205. The van der Waals surface area contributed by atoms with E-state index in [-0.39, 0.29) is 19.4 Å². The molecule has 0 aliphatic carbocycles. The van der Waals surface area contributed by atoms with Crippen molar-refractivity contribution in [3.05, 3.63) is 0 Å². The fourth-order valence-corrected chi connectivity index (χ4v) is 13.7. The molecule has 7 aliphatic rings. The van der Waals surface area contributed by atoms with Gasteiger partial charge < -0.3 is 205 Å². The van der Waals surface area contributed by atoms with Crippen LogP contribution in [0.3, 0.4) is 0 Å². The van der Waals surface area contributed by atoms with E-state index in [2.05, 4.69) is 26.0 Å². The number of hydrogen-bond donors (Lipinski definition) is 26. The van der Waals surface area contributed by atoms with Gasteiger partial charge in [-0.15, -0.1) is 0 Å². The van der Waals surface area contributed by atoms with Crippen LogP contribution in [0.1, 0.15) is 66.2 Å². The molecule has 37 atom stereocenters. The lowest BCUT2D eigenvalue weighted by molar-refractivity contribution is -0.375. The number of ether oxygens (including phenoxy) is 15. The number of carbonyl (C=O) groups excluding carboxylic acids is 5. The molecule has 0 aromatic rings. The maximum Gasteiger partial charge on any atom is 0.364 e. The topological polar surface area (TPSA) is 751 Å². The predicted octanol–water partition coefficient (Wildman–Crippen LogP) is -15.5. The highest BCUT2D eigenvalue weighted by Crippen LogP contribution is 2.40. The van der Waals surface area contributed by atoms with Crippen LogP contribution in [-0.4, -0.2) is 440 Å². The summed E-state index contributed by atoms with van der Waals surface area (Å²) < 4.78 is 86.8. The third-order valence-corrected chi connectivity index (χ3v) is 19.6. The first-order valence-corrected chi connectivity index (χ1v) is 35.3. The van der Waals surface area contributed by atoms with Gasteiger partial charge in [0.05, 0.1) is 77.6 Å². The third kappa shape index (κ3) is 22.4. The van der Waals surface area contributed by atoms with E-state index in [9.17, 15) is 146 Å². The minimum Gasteiger partial charge on any atom is -0.477 e. The Kier molecular flexibility index (Phi) is 34.5. The van der Waals surface area contributed by atoms with E-state index in [1.807, 2.05) is 0 Å². The molecular formula is C63H104N4O44. The van der Waals surface area contributed by atoms with Crippen molar-refractivity contribution in [2.24, 2.45) is 0 Å². The Hall–Kier alpha value is -5.07. The molecule has 7 heterocycles. The summed E-state index contributed by atoms with van der Waals surface area (Å²) in [7, 11) is 1.19. The summed E-state index contributed by atoms with van der Waals surface area (Å²) in [6, 6.07) is -7.05. The number of carbonyl (C=O) groups is 7. The van der Waals surface area contributed by atoms with E-state index >= 15 is 0 Å². The van der Waals surface area contributed by atoms with Crippen molar-refractivity contribution < 1.29 is 217 Å². The Bertz CT molecular complexity index is 3010. The highest BCUT2D eigenvalue weighted by Gasteiger charge is 2.61. The SMILES string of the molecule is COC(=O)CCCCCO[C@@H]1O[C@H](CO[C@@H]2O[C@H](CO)[C@@H](O[C@@H]3O[C@H](CO[C@]4(C(=O)O)C[C@H](O)[C@@H](NC(C)=O)[C@H]([C@H](O)[C@H](O)CO)O4)[C@H](O)[C@H](O)[C@H]3O)[C@H](O)[C@H]2NC(C)=O)[C@H](O[C@@H]2O[C@H](CO)[C@@H](O[C@@H]3O[C@H](CO[C@]4(C(=O)O)C[C@H](O)[C@@H](NC(C)=O)[C@H]([C@H](O)[C@H](O)CO)O4)[C@H](O)[C@H](O)[C@H]3O)[C@H](O)[C@H]2NC(C)=O)[C@H](O)[C@H]1O. The van der Waals surface area contributed by atoms with Gasteiger partial charge in [-0.1, -0.05) is 6.42 Å². The largest absolute Gasteiger partial charge is 0.477 e. The number of esters is 1. The van der Waals surface area contributed by atoms with Crippen molar-refractivity contribution in [2.75, 3.05) is 60.0 Å². The fourth-order valence-electron chi connectivity index (χ4n) is 13.7. The molecule has 111 heavy (non-hydrogen) atoms. The van der Waals surface area contributed by atoms with Crippen molar-refractivity contribution in [3.8, 4) is 0 Å². The number of carboxylic acids is 2. The summed E-state index contributed by atoms with van der Waals surface area (Å²) in [5.41, 5.74) is 0. The van der Waals surface area contributed by atoms with Gasteiger partial charge in [-0.25, -0.2) is 9.59 Å². The van der Waals surface area contributed by atoms with Gasteiger partial charge in [0.25, 0.3) is 11.6 Å². The van der Waals surface area contributed by atoms with Crippen molar-refractivity contribution in [1.29, 1.82) is 0 Å². The number of amides is 4.